The van der Waals surface area contributed by atoms with Gasteiger partial charge in [-0.2, -0.15) is 5.26 Å². The molecule has 0 aromatic heterocycles. The van der Waals surface area contributed by atoms with Crippen LogP contribution in [0.5, 0.6) is 0 Å². The second kappa shape index (κ2) is 6.79. The van der Waals surface area contributed by atoms with Crippen LogP contribution in [0.25, 0.3) is 0 Å². The van der Waals surface area contributed by atoms with Crippen LogP contribution in [-0.4, -0.2) is 12.6 Å². The van der Waals surface area contributed by atoms with E-state index in [0.717, 1.165) is 0 Å². The van der Waals surface area contributed by atoms with E-state index in [2.05, 4.69) is 11.9 Å². The first-order chi connectivity index (χ1) is 11.0. The number of esters is 1. The summed E-state index contributed by atoms with van der Waals surface area (Å²) in [5.74, 6) is -2.00. The molecule has 0 saturated carbocycles. The predicted octanol–water partition coefficient (Wildman–Crippen LogP) is 2.21. The molecular weight excluding hydrogens is 297 g/mol. The van der Waals surface area contributed by atoms with Gasteiger partial charge in [0, 0.05) is 11.3 Å². The highest BCUT2D eigenvalue weighted by atomic mass is 19.1. The Hall–Kier alpha value is -3.07. The first kappa shape index (κ1) is 16.3. The van der Waals surface area contributed by atoms with Gasteiger partial charge in [0.05, 0.1) is 23.1 Å². The number of rotatable bonds is 4. The number of hydrogen-bond donors (Lipinski definition) is 2. The summed E-state index contributed by atoms with van der Waals surface area (Å²) in [4.78, 5) is 12.4. The maximum atomic E-state index is 14.2. The summed E-state index contributed by atoms with van der Waals surface area (Å²) in [5, 5.41) is 12.2. The van der Waals surface area contributed by atoms with Gasteiger partial charge in [-0.1, -0.05) is 30.9 Å². The molecule has 23 heavy (non-hydrogen) atoms. The molecule has 2 rings (SSSR count). The summed E-state index contributed by atoms with van der Waals surface area (Å²) in [6, 6.07) is 7.91. The number of nitrogens with zero attached hydrogens (tertiary/aromatic N) is 1. The van der Waals surface area contributed by atoms with Gasteiger partial charge in [-0.3, -0.25) is 0 Å². The molecule has 0 fully saturated rings. The van der Waals surface area contributed by atoms with Crippen molar-refractivity contribution in [2.24, 2.45) is 5.73 Å². The van der Waals surface area contributed by atoms with Crippen LogP contribution in [0.15, 0.2) is 59.6 Å². The van der Waals surface area contributed by atoms with Crippen molar-refractivity contribution in [2.45, 2.75) is 12.8 Å². The van der Waals surface area contributed by atoms with E-state index in [1.807, 2.05) is 6.07 Å². The molecule has 0 bridgehead atoms. The molecule has 0 radical (unpaired) electrons. The lowest BCUT2D eigenvalue weighted by atomic mass is 9.81. The highest BCUT2D eigenvalue weighted by Gasteiger charge is 2.36. The molecule has 5 nitrogen and oxygen atoms in total. The fraction of sp³-hybridized carbons (Fsp3) is 0.176. The minimum atomic E-state index is -0.917. The van der Waals surface area contributed by atoms with E-state index in [4.69, 9.17) is 10.5 Å². The number of dihydropyridines is 1. The molecule has 0 spiro atoms. The van der Waals surface area contributed by atoms with Crippen LogP contribution in [-0.2, 0) is 9.53 Å². The molecule has 0 aliphatic carbocycles. The number of benzene rings is 1. The number of carbonyl (C=O) groups is 1. The van der Waals surface area contributed by atoms with Gasteiger partial charge in [0.15, 0.2) is 0 Å². The Morgan fingerprint density at radius 3 is 2.87 bits per heavy atom. The third-order valence-corrected chi connectivity index (χ3v) is 3.48. The van der Waals surface area contributed by atoms with Gasteiger partial charge >= 0.3 is 5.97 Å². The Labute approximate surface area is 133 Å². The van der Waals surface area contributed by atoms with Crippen LogP contribution in [0.3, 0.4) is 0 Å². The van der Waals surface area contributed by atoms with Gasteiger partial charge in [0.25, 0.3) is 0 Å². The largest absolute Gasteiger partial charge is 0.458 e. The zero-order valence-corrected chi connectivity index (χ0v) is 12.6. The van der Waals surface area contributed by atoms with Crippen molar-refractivity contribution in [3.05, 3.63) is 71.0 Å². The highest BCUT2D eigenvalue weighted by Crippen LogP contribution is 2.38. The van der Waals surface area contributed by atoms with Crippen molar-refractivity contribution in [3.63, 3.8) is 0 Å². The SMILES string of the molecule is C=CCOC(=O)C1=C(C)NC(N)=C(C#N)C1c1ccccc1F. The van der Waals surface area contributed by atoms with Crippen LogP contribution >= 0.6 is 0 Å². The van der Waals surface area contributed by atoms with E-state index in [-0.39, 0.29) is 29.1 Å². The summed E-state index contributed by atoms with van der Waals surface area (Å²) in [6.45, 7) is 5.12. The lowest BCUT2D eigenvalue weighted by molar-refractivity contribution is -0.138. The molecule has 1 atom stereocenters. The Morgan fingerprint density at radius 1 is 1.57 bits per heavy atom. The highest BCUT2D eigenvalue weighted by molar-refractivity contribution is 5.93. The number of allylic oxidation sites excluding steroid dienone is 2. The standard InChI is InChI=1S/C17H16FN3O2/c1-3-8-23-17(22)14-10(2)21-16(20)12(9-19)15(14)11-6-4-5-7-13(11)18/h3-7,15,21H,1,8,20H2,2H3. The molecule has 0 amide bonds. The Bertz CT molecular complexity index is 759. The lowest BCUT2D eigenvalue weighted by Crippen LogP contribution is -2.33. The summed E-state index contributed by atoms with van der Waals surface area (Å²) >= 11 is 0. The number of halogens is 1. The first-order valence-corrected chi connectivity index (χ1v) is 6.91. The molecule has 1 unspecified atom stereocenters. The third-order valence-electron chi connectivity index (χ3n) is 3.48. The van der Waals surface area contributed by atoms with E-state index in [0.29, 0.717) is 5.70 Å². The zero-order chi connectivity index (χ0) is 17.0. The number of nitrogens with two attached hydrogens (primary N) is 1. The van der Waals surface area contributed by atoms with Crippen molar-refractivity contribution in [3.8, 4) is 6.07 Å². The Balaban J connectivity index is 2.60. The van der Waals surface area contributed by atoms with Crippen molar-refractivity contribution in [2.75, 3.05) is 6.61 Å². The smallest absolute Gasteiger partial charge is 0.337 e. The molecule has 1 aliphatic heterocycles. The fourth-order valence-electron chi connectivity index (χ4n) is 2.48. The van der Waals surface area contributed by atoms with Gasteiger partial charge < -0.3 is 15.8 Å². The summed E-state index contributed by atoms with van der Waals surface area (Å²) < 4.78 is 19.3. The fourth-order valence-corrected chi connectivity index (χ4v) is 2.48. The lowest BCUT2D eigenvalue weighted by Gasteiger charge is -2.28. The average Bonchev–Trinajstić information content (AvgIpc) is 2.52. The monoisotopic (exact) mass is 313 g/mol. The predicted molar refractivity (Wildman–Crippen MR) is 83.0 cm³/mol. The molecule has 3 N–H and O–H groups in total. The maximum absolute atomic E-state index is 14.2. The number of hydrogen-bond acceptors (Lipinski definition) is 5. The number of nitriles is 1. The number of ether oxygens (including phenoxy) is 1. The molecule has 1 aliphatic rings. The molecule has 1 aromatic carbocycles. The van der Waals surface area contributed by atoms with E-state index in [9.17, 15) is 14.4 Å². The maximum Gasteiger partial charge on any atom is 0.337 e. The van der Waals surface area contributed by atoms with Gasteiger partial charge in [-0.25, -0.2) is 9.18 Å². The number of nitrogens with one attached hydrogen (secondary N) is 1. The molecule has 6 heteroatoms. The van der Waals surface area contributed by atoms with Gasteiger partial charge in [0.2, 0.25) is 0 Å². The quantitative estimate of drug-likeness (QED) is 0.657. The van der Waals surface area contributed by atoms with E-state index >= 15 is 0 Å². The summed E-state index contributed by atoms with van der Waals surface area (Å²) in [7, 11) is 0. The van der Waals surface area contributed by atoms with E-state index < -0.39 is 17.7 Å². The number of carbonyl (C=O) groups excluding carboxylic acids is 1. The van der Waals surface area contributed by atoms with E-state index in [1.165, 1.54) is 24.3 Å². The van der Waals surface area contributed by atoms with Gasteiger partial charge in [0.1, 0.15) is 18.2 Å². The van der Waals surface area contributed by atoms with Gasteiger partial charge in [-0.05, 0) is 13.0 Å². The van der Waals surface area contributed by atoms with Crippen LogP contribution in [0.4, 0.5) is 4.39 Å². The van der Waals surface area contributed by atoms with Crippen LogP contribution < -0.4 is 11.1 Å². The first-order valence-electron chi connectivity index (χ1n) is 6.91. The average molecular weight is 313 g/mol. The van der Waals surface area contributed by atoms with Crippen molar-refractivity contribution in [1.29, 1.82) is 5.26 Å². The second-order valence-electron chi connectivity index (χ2n) is 4.94. The van der Waals surface area contributed by atoms with Crippen LogP contribution in [0, 0.1) is 17.1 Å². The molecular formula is C17H16FN3O2. The zero-order valence-electron chi connectivity index (χ0n) is 12.6. The molecule has 0 saturated heterocycles. The van der Waals surface area contributed by atoms with Crippen LogP contribution in [0.2, 0.25) is 0 Å². The Morgan fingerprint density at radius 2 is 2.26 bits per heavy atom. The topological polar surface area (TPSA) is 88.1 Å². The van der Waals surface area contributed by atoms with Crippen molar-refractivity contribution >= 4 is 5.97 Å². The minimum absolute atomic E-state index is 0.0146. The minimum Gasteiger partial charge on any atom is -0.458 e. The van der Waals surface area contributed by atoms with Crippen molar-refractivity contribution < 1.29 is 13.9 Å². The molecule has 1 heterocycles. The van der Waals surface area contributed by atoms with Crippen molar-refractivity contribution in [1.82, 2.24) is 5.32 Å². The van der Waals surface area contributed by atoms with Crippen LogP contribution in [0.1, 0.15) is 18.4 Å². The molecule has 118 valence electrons. The third kappa shape index (κ3) is 3.09. The van der Waals surface area contributed by atoms with Gasteiger partial charge in [-0.15, -0.1) is 0 Å². The normalized spacial score (nSPS) is 17.3. The van der Waals surface area contributed by atoms with E-state index in [1.54, 1.807) is 13.0 Å². The Kier molecular flexibility index (Phi) is 4.82. The summed E-state index contributed by atoms with van der Waals surface area (Å²) in [5.41, 5.74) is 6.69. The molecule has 1 aromatic rings. The summed E-state index contributed by atoms with van der Waals surface area (Å²) in [6.07, 6.45) is 1.43. The second-order valence-corrected chi connectivity index (χ2v) is 4.94.